The van der Waals surface area contributed by atoms with Crippen LogP contribution in [0.25, 0.3) is 0 Å². The van der Waals surface area contributed by atoms with E-state index in [0.29, 0.717) is 29.5 Å². The van der Waals surface area contributed by atoms with Gasteiger partial charge in [-0.25, -0.2) is 0 Å². The lowest BCUT2D eigenvalue weighted by atomic mass is 10.2. The molecule has 2 N–H and O–H groups in total. The third kappa shape index (κ3) is 8.55. The van der Waals surface area contributed by atoms with Crippen molar-refractivity contribution < 1.29 is 19.1 Å². The summed E-state index contributed by atoms with van der Waals surface area (Å²) in [5.74, 6) is 0.0362. The Morgan fingerprint density at radius 2 is 1.88 bits per heavy atom. The number of rotatable bonds is 10. The number of carbonyl (C=O) groups excluding carboxylic acids is 2. The lowest BCUT2D eigenvalue weighted by Crippen LogP contribution is -2.37. The first-order valence-corrected chi connectivity index (χ1v) is 8.01. The Hall–Kier alpha value is -2.05. The van der Waals surface area contributed by atoms with E-state index in [2.05, 4.69) is 17.2 Å². The molecule has 0 fully saturated rings. The summed E-state index contributed by atoms with van der Waals surface area (Å²) in [5, 5.41) is 6.00. The lowest BCUT2D eigenvalue weighted by Gasteiger charge is -2.16. The van der Waals surface area contributed by atoms with Crippen molar-refractivity contribution in [3.8, 4) is 5.75 Å². The molecule has 1 rings (SSSR count). The maximum absolute atomic E-state index is 11.8. The largest absolute Gasteiger partial charge is 0.484 e. The summed E-state index contributed by atoms with van der Waals surface area (Å²) in [6.07, 6.45) is 0.421. The van der Waals surface area contributed by atoms with Crippen LogP contribution in [0.3, 0.4) is 0 Å². The Balaban J connectivity index is 2.26. The van der Waals surface area contributed by atoms with Gasteiger partial charge in [0.15, 0.2) is 6.61 Å². The maximum atomic E-state index is 11.8. The zero-order valence-corrected chi connectivity index (χ0v) is 14.7. The van der Waals surface area contributed by atoms with Crippen molar-refractivity contribution in [2.75, 3.05) is 19.8 Å². The van der Waals surface area contributed by atoms with Crippen molar-refractivity contribution in [3.05, 3.63) is 41.6 Å². The van der Waals surface area contributed by atoms with Gasteiger partial charge >= 0.3 is 0 Å². The highest BCUT2D eigenvalue weighted by molar-refractivity contribution is 6.30. The molecule has 0 bridgehead atoms. The monoisotopic (exact) mass is 354 g/mol. The van der Waals surface area contributed by atoms with Gasteiger partial charge in [-0.3, -0.25) is 9.59 Å². The van der Waals surface area contributed by atoms with Gasteiger partial charge in [0, 0.05) is 29.8 Å². The van der Waals surface area contributed by atoms with Crippen LogP contribution in [0.5, 0.6) is 5.75 Å². The van der Waals surface area contributed by atoms with Gasteiger partial charge in [0.2, 0.25) is 5.91 Å². The molecule has 7 heteroatoms. The Morgan fingerprint density at radius 3 is 2.50 bits per heavy atom. The fourth-order valence-corrected chi connectivity index (χ4v) is 2.02. The van der Waals surface area contributed by atoms with E-state index in [0.717, 1.165) is 0 Å². The molecule has 0 heterocycles. The number of carbonyl (C=O) groups is 2. The van der Waals surface area contributed by atoms with Gasteiger partial charge < -0.3 is 20.1 Å². The zero-order valence-electron chi connectivity index (χ0n) is 13.9. The van der Waals surface area contributed by atoms with E-state index < -0.39 is 0 Å². The minimum Gasteiger partial charge on any atom is -0.484 e. The molecule has 0 radical (unpaired) electrons. The molecule has 1 aromatic rings. The molecule has 0 aromatic heterocycles. The van der Waals surface area contributed by atoms with Crippen molar-refractivity contribution in [1.82, 2.24) is 10.6 Å². The standard InChI is InChI=1S/C17H23ClN2O4/c1-4-23-10-16(21)19-12(2)9-13(3)20-17(22)11-24-15-7-5-14(18)6-8-15/h5-8,12H,3-4,9-11H2,1-2H3,(H,19,21)(H,20,22). The molecular weight excluding hydrogens is 332 g/mol. The van der Waals surface area contributed by atoms with E-state index in [1.807, 2.05) is 13.8 Å². The van der Waals surface area contributed by atoms with E-state index in [1.165, 1.54) is 0 Å². The molecule has 0 saturated carbocycles. The van der Waals surface area contributed by atoms with E-state index in [4.69, 9.17) is 21.1 Å². The normalized spacial score (nSPS) is 11.5. The van der Waals surface area contributed by atoms with E-state index in [-0.39, 0.29) is 31.1 Å². The van der Waals surface area contributed by atoms with Gasteiger partial charge in [-0.15, -0.1) is 0 Å². The topological polar surface area (TPSA) is 76.7 Å². The molecule has 1 unspecified atom stereocenters. The summed E-state index contributed by atoms with van der Waals surface area (Å²) in [5.41, 5.74) is 0.504. The van der Waals surface area contributed by atoms with Crippen molar-refractivity contribution >= 4 is 23.4 Å². The summed E-state index contributed by atoms with van der Waals surface area (Å²) in [7, 11) is 0. The predicted molar refractivity (Wildman–Crippen MR) is 92.9 cm³/mol. The van der Waals surface area contributed by atoms with Crippen molar-refractivity contribution in [3.63, 3.8) is 0 Å². The SMILES string of the molecule is C=C(CC(C)NC(=O)COCC)NC(=O)COc1ccc(Cl)cc1. The van der Waals surface area contributed by atoms with Gasteiger partial charge in [0.25, 0.3) is 5.91 Å². The van der Waals surface area contributed by atoms with Crippen LogP contribution in [0.15, 0.2) is 36.5 Å². The Kier molecular flexibility index (Phi) is 8.89. The molecule has 0 aliphatic rings. The molecule has 0 spiro atoms. The van der Waals surface area contributed by atoms with Crippen molar-refractivity contribution in [2.24, 2.45) is 0 Å². The maximum Gasteiger partial charge on any atom is 0.262 e. The highest BCUT2D eigenvalue weighted by Gasteiger charge is 2.11. The van der Waals surface area contributed by atoms with Gasteiger partial charge in [-0.2, -0.15) is 0 Å². The first-order chi connectivity index (χ1) is 11.4. The van der Waals surface area contributed by atoms with Crippen LogP contribution in [0, 0.1) is 0 Å². The van der Waals surface area contributed by atoms with Crippen molar-refractivity contribution in [1.29, 1.82) is 0 Å². The van der Waals surface area contributed by atoms with Crippen LogP contribution >= 0.6 is 11.6 Å². The van der Waals surface area contributed by atoms with Gasteiger partial charge in [0.1, 0.15) is 12.4 Å². The number of amides is 2. The molecule has 132 valence electrons. The number of ether oxygens (including phenoxy) is 2. The van der Waals surface area contributed by atoms with Crippen LogP contribution in [0.2, 0.25) is 5.02 Å². The van der Waals surface area contributed by atoms with Gasteiger partial charge in [-0.1, -0.05) is 18.2 Å². The highest BCUT2D eigenvalue weighted by atomic mass is 35.5. The third-order valence-electron chi connectivity index (χ3n) is 2.90. The molecule has 6 nitrogen and oxygen atoms in total. The molecule has 1 atom stereocenters. The zero-order chi connectivity index (χ0) is 17.9. The van der Waals surface area contributed by atoms with Crippen LogP contribution < -0.4 is 15.4 Å². The molecule has 1 aromatic carbocycles. The summed E-state index contributed by atoms with van der Waals surface area (Å²) >= 11 is 5.77. The molecular formula is C17H23ClN2O4. The molecule has 24 heavy (non-hydrogen) atoms. The molecule has 0 aliphatic carbocycles. The summed E-state index contributed by atoms with van der Waals surface area (Å²) in [4.78, 5) is 23.3. The number of nitrogens with one attached hydrogen (secondary N) is 2. The van der Waals surface area contributed by atoms with Crippen LogP contribution in [-0.4, -0.2) is 37.7 Å². The van der Waals surface area contributed by atoms with E-state index >= 15 is 0 Å². The number of hydrogen-bond acceptors (Lipinski definition) is 4. The quantitative estimate of drug-likeness (QED) is 0.675. The fraction of sp³-hybridized carbons (Fsp3) is 0.412. The number of hydrogen-bond donors (Lipinski definition) is 2. The predicted octanol–water partition coefficient (Wildman–Crippen LogP) is 2.28. The second-order valence-electron chi connectivity index (χ2n) is 5.20. The first-order valence-electron chi connectivity index (χ1n) is 7.63. The van der Waals surface area contributed by atoms with Crippen LogP contribution in [-0.2, 0) is 14.3 Å². The van der Waals surface area contributed by atoms with Gasteiger partial charge in [-0.05, 0) is 38.1 Å². The van der Waals surface area contributed by atoms with Crippen molar-refractivity contribution in [2.45, 2.75) is 26.3 Å². The Morgan fingerprint density at radius 1 is 1.21 bits per heavy atom. The summed E-state index contributed by atoms with van der Waals surface area (Å²) < 4.78 is 10.4. The second-order valence-corrected chi connectivity index (χ2v) is 5.64. The average Bonchev–Trinajstić information content (AvgIpc) is 2.52. The molecule has 2 amide bonds. The Labute approximate surface area is 147 Å². The third-order valence-corrected chi connectivity index (χ3v) is 3.15. The Bertz CT molecular complexity index is 560. The first kappa shape index (κ1) is 20.0. The van der Waals surface area contributed by atoms with Gasteiger partial charge in [0.05, 0.1) is 0 Å². The summed E-state index contributed by atoms with van der Waals surface area (Å²) in [6, 6.07) is 6.56. The highest BCUT2D eigenvalue weighted by Crippen LogP contribution is 2.15. The number of halogens is 1. The smallest absolute Gasteiger partial charge is 0.262 e. The minimum absolute atomic E-state index is 0.0224. The average molecular weight is 355 g/mol. The second kappa shape index (κ2) is 10.7. The number of benzene rings is 1. The van der Waals surface area contributed by atoms with Crippen LogP contribution in [0.1, 0.15) is 20.3 Å². The minimum atomic E-state index is -0.317. The van der Waals surface area contributed by atoms with Crippen LogP contribution in [0.4, 0.5) is 0 Å². The molecule has 0 aliphatic heterocycles. The lowest BCUT2D eigenvalue weighted by molar-refractivity contribution is -0.126. The molecule has 0 saturated heterocycles. The van der Waals surface area contributed by atoms with E-state index in [9.17, 15) is 9.59 Å². The summed E-state index contributed by atoms with van der Waals surface area (Å²) in [6.45, 7) is 7.80. The fourth-order valence-electron chi connectivity index (χ4n) is 1.90. The van der Waals surface area contributed by atoms with E-state index in [1.54, 1.807) is 24.3 Å².